The second-order valence-electron chi connectivity index (χ2n) is 6.71. The zero-order valence-corrected chi connectivity index (χ0v) is 15.5. The van der Waals surface area contributed by atoms with Crippen molar-refractivity contribution in [3.8, 4) is 0 Å². The summed E-state index contributed by atoms with van der Waals surface area (Å²) in [5.41, 5.74) is 1.60. The summed E-state index contributed by atoms with van der Waals surface area (Å²) in [6.07, 6.45) is 5.18. The predicted octanol–water partition coefficient (Wildman–Crippen LogP) is 4.04. The first kappa shape index (κ1) is 18.1. The highest BCUT2D eigenvalue weighted by atomic mass is 32.1. The Kier molecular flexibility index (Phi) is 6.21. The quantitative estimate of drug-likeness (QED) is 0.848. The van der Waals surface area contributed by atoms with Gasteiger partial charge in [-0.3, -0.25) is 4.79 Å². The molecule has 1 fully saturated rings. The smallest absolute Gasteiger partial charge is 0.273 e. The van der Waals surface area contributed by atoms with Crippen LogP contribution in [0.1, 0.15) is 60.1 Å². The molecule has 1 N–H and O–H groups in total. The van der Waals surface area contributed by atoms with Crippen LogP contribution in [-0.2, 0) is 13.0 Å². The van der Waals surface area contributed by atoms with Crippen molar-refractivity contribution in [2.75, 3.05) is 0 Å². The lowest BCUT2D eigenvalue weighted by atomic mass is 9.91. The van der Waals surface area contributed by atoms with Gasteiger partial charge in [-0.25, -0.2) is 4.98 Å². The SMILES string of the molecule is CCCc1nc(C(=O)N(Cc2ccccc2)C2CCCCC2O)cs1. The summed E-state index contributed by atoms with van der Waals surface area (Å²) in [4.78, 5) is 19.5. The van der Waals surface area contributed by atoms with Crippen molar-refractivity contribution in [2.24, 2.45) is 0 Å². The molecule has 25 heavy (non-hydrogen) atoms. The Hall–Kier alpha value is -1.72. The molecule has 3 rings (SSSR count). The van der Waals surface area contributed by atoms with Crippen molar-refractivity contribution in [3.63, 3.8) is 0 Å². The number of aliphatic hydroxyl groups is 1. The van der Waals surface area contributed by atoms with Crippen LogP contribution in [0.3, 0.4) is 0 Å². The predicted molar refractivity (Wildman–Crippen MR) is 101 cm³/mol. The van der Waals surface area contributed by atoms with Gasteiger partial charge in [0.15, 0.2) is 0 Å². The molecule has 2 unspecified atom stereocenters. The van der Waals surface area contributed by atoms with Gasteiger partial charge in [0.2, 0.25) is 0 Å². The standard InChI is InChI=1S/C20H26N2O2S/c1-2-8-19-21-16(14-25-19)20(24)22(13-15-9-4-3-5-10-15)17-11-6-7-12-18(17)23/h3-5,9-10,14,17-18,23H,2,6-8,11-13H2,1H3. The molecule has 0 aliphatic heterocycles. The summed E-state index contributed by atoms with van der Waals surface area (Å²) in [7, 11) is 0. The van der Waals surface area contributed by atoms with Gasteiger partial charge in [-0.2, -0.15) is 0 Å². The number of rotatable bonds is 6. The minimum Gasteiger partial charge on any atom is -0.391 e. The summed E-state index contributed by atoms with van der Waals surface area (Å²) < 4.78 is 0. The van der Waals surface area contributed by atoms with Crippen molar-refractivity contribution < 1.29 is 9.90 Å². The van der Waals surface area contributed by atoms with E-state index in [0.717, 1.165) is 49.1 Å². The number of nitrogens with zero attached hydrogens (tertiary/aromatic N) is 2. The summed E-state index contributed by atoms with van der Waals surface area (Å²) in [6.45, 7) is 2.63. The van der Waals surface area contributed by atoms with E-state index in [1.807, 2.05) is 40.6 Å². The number of hydrogen-bond donors (Lipinski definition) is 1. The third kappa shape index (κ3) is 4.47. The van der Waals surface area contributed by atoms with Crippen molar-refractivity contribution in [2.45, 2.75) is 64.1 Å². The fraction of sp³-hybridized carbons (Fsp3) is 0.500. The van der Waals surface area contributed by atoms with Crippen LogP contribution >= 0.6 is 11.3 Å². The van der Waals surface area contributed by atoms with E-state index < -0.39 is 6.10 Å². The lowest BCUT2D eigenvalue weighted by Gasteiger charge is -2.37. The normalized spacial score (nSPS) is 20.4. The Balaban J connectivity index is 1.84. The van der Waals surface area contributed by atoms with Gasteiger partial charge in [-0.05, 0) is 31.2 Å². The molecule has 1 heterocycles. The molecule has 0 bridgehead atoms. The summed E-state index contributed by atoms with van der Waals surface area (Å²) in [6, 6.07) is 9.87. The molecule has 1 aliphatic rings. The van der Waals surface area contributed by atoms with Gasteiger partial charge in [0.1, 0.15) is 5.69 Å². The molecule has 1 aromatic heterocycles. The van der Waals surface area contributed by atoms with Gasteiger partial charge in [0.05, 0.1) is 17.2 Å². The number of hydrogen-bond acceptors (Lipinski definition) is 4. The van der Waals surface area contributed by atoms with Crippen LogP contribution in [0.2, 0.25) is 0 Å². The second kappa shape index (κ2) is 8.59. The maximum absolute atomic E-state index is 13.2. The zero-order valence-electron chi connectivity index (χ0n) is 14.7. The van der Waals surface area contributed by atoms with E-state index in [2.05, 4.69) is 11.9 Å². The topological polar surface area (TPSA) is 53.4 Å². The van der Waals surface area contributed by atoms with E-state index in [1.54, 1.807) is 11.3 Å². The minimum atomic E-state index is -0.449. The van der Waals surface area contributed by atoms with Crippen LogP contribution in [0.5, 0.6) is 0 Å². The molecule has 1 aromatic carbocycles. The van der Waals surface area contributed by atoms with Crippen molar-refractivity contribution in [3.05, 3.63) is 52.0 Å². The second-order valence-corrected chi connectivity index (χ2v) is 7.66. The van der Waals surface area contributed by atoms with Gasteiger partial charge in [-0.15, -0.1) is 11.3 Å². The summed E-state index contributed by atoms with van der Waals surface area (Å²) in [5.74, 6) is -0.0617. The third-order valence-electron chi connectivity index (χ3n) is 4.79. The first-order chi connectivity index (χ1) is 12.2. The van der Waals surface area contributed by atoms with Crippen LogP contribution < -0.4 is 0 Å². The molecule has 5 heteroatoms. The fourth-order valence-corrected chi connectivity index (χ4v) is 4.33. The molecular weight excluding hydrogens is 332 g/mol. The Labute approximate surface area is 153 Å². The number of benzene rings is 1. The molecule has 1 saturated carbocycles. The number of amides is 1. The lowest BCUT2D eigenvalue weighted by Crippen LogP contribution is -2.48. The van der Waals surface area contributed by atoms with Crippen LogP contribution in [0.25, 0.3) is 0 Å². The average molecular weight is 359 g/mol. The van der Waals surface area contributed by atoms with E-state index in [0.29, 0.717) is 12.2 Å². The molecule has 0 spiro atoms. The molecule has 0 saturated heterocycles. The Morgan fingerprint density at radius 1 is 1.28 bits per heavy atom. The number of aromatic nitrogens is 1. The van der Waals surface area contributed by atoms with Gasteiger partial charge in [0.25, 0.3) is 5.91 Å². The highest BCUT2D eigenvalue weighted by Crippen LogP contribution is 2.26. The molecule has 134 valence electrons. The van der Waals surface area contributed by atoms with Crippen molar-refractivity contribution in [1.29, 1.82) is 0 Å². The Bertz CT molecular complexity index is 686. The maximum Gasteiger partial charge on any atom is 0.273 e. The maximum atomic E-state index is 13.2. The van der Waals surface area contributed by atoms with Gasteiger partial charge in [0, 0.05) is 11.9 Å². The molecule has 0 radical (unpaired) electrons. The van der Waals surface area contributed by atoms with Gasteiger partial charge in [-0.1, -0.05) is 50.1 Å². The van der Waals surface area contributed by atoms with Crippen molar-refractivity contribution in [1.82, 2.24) is 9.88 Å². The highest BCUT2D eigenvalue weighted by Gasteiger charge is 2.33. The van der Waals surface area contributed by atoms with Crippen LogP contribution in [0, 0.1) is 0 Å². The summed E-state index contributed by atoms with van der Waals surface area (Å²) >= 11 is 1.55. The molecule has 4 nitrogen and oxygen atoms in total. The first-order valence-corrected chi connectivity index (χ1v) is 10.0. The third-order valence-corrected chi connectivity index (χ3v) is 5.69. The van der Waals surface area contributed by atoms with E-state index in [9.17, 15) is 9.90 Å². The number of carbonyl (C=O) groups is 1. The molecule has 2 atom stereocenters. The van der Waals surface area contributed by atoms with Gasteiger partial charge < -0.3 is 10.0 Å². The number of aryl methyl sites for hydroxylation is 1. The molecule has 2 aromatic rings. The fourth-order valence-electron chi connectivity index (χ4n) is 3.46. The van der Waals surface area contributed by atoms with Gasteiger partial charge >= 0.3 is 0 Å². The number of aliphatic hydroxyl groups excluding tert-OH is 1. The Morgan fingerprint density at radius 3 is 2.76 bits per heavy atom. The lowest BCUT2D eigenvalue weighted by molar-refractivity contribution is 0.0146. The largest absolute Gasteiger partial charge is 0.391 e. The molecule has 1 amide bonds. The van der Waals surface area contributed by atoms with Crippen molar-refractivity contribution >= 4 is 17.2 Å². The van der Waals surface area contributed by atoms with E-state index in [4.69, 9.17) is 0 Å². The van der Waals surface area contributed by atoms with E-state index >= 15 is 0 Å². The minimum absolute atomic E-state index is 0.0617. The monoisotopic (exact) mass is 358 g/mol. The molecule has 1 aliphatic carbocycles. The summed E-state index contributed by atoms with van der Waals surface area (Å²) in [5, 5.41) is 13.4. The Morgan fingerprint density at radius 2 is 2.04 bits per heavy atom. The number of thiazole rings is 1. The van der Waals surface area contributed by atoms with Crippen LogP contribution in [0.4, 0.5) is 0 Å². The van der Waals surface area contributed by atoms with E-state index in [-0.39, 0.29) is 11.9 Å². The first-order valence-electron chi connectivity index (χ1n) is 9.16. The van der Waals surface area contributed by atoms with Crippen LogP contribution in [-0.4, -0.2) is 33.0 Å². The zero-order chi connectivity index (χ0) is 17.6. The average Bonchev–Trinajstić information content (AvgIpc) is 3.10. The highest BCUT2D eigenvalue weighted by molar-refractivity contribution is 7.09. The number of carbonyl (C=O) groups excluding carboxylic acids is 1. The van der Waals surface area contributed by atoms with Crippen LogP contribution in [0.15, 0.2) is 35.7 Å². The van der Waals surface area contributed by atoms with E-state index in [1.165, 1.54) is 0 Å². The molecular formula is C20H26N2O2S.